The van der Waals surface area contributed by atoms with E-state index in [4.69, 9.17) is 16.3 Å². The highest BCUT2D eigenvalue weighted by atomic mass is 35.5. The Morgan fingerprint density at radius 3 is 2.33 bits per heavy atom. The number of rotatable bonds is 7. The molecule has 0 radical (unpaired) electrons. The second kappa shape index (κ2) is 9.98. The molecule has 2 amide bonds. The molecular formula is C24H31ClN2O3. The van der Waals surface area contributed by atoms with E-state index in [1.54, 1.807) is 19.1 Å². The van der Waals surface area contributed by atoms with Crippen LogP contribution in [0.25, 0.3) is 0 Å². The number of aryl methyl sites for hydroxylation is 2. The van der Waals surface area contributed by atoms with Gasteiger partial charge in [0.05, 0.1) is 0 Å². The minimum absolute atomic E-state index is 0.148. The lowest BCUT2D eigenvalue weighted by atomic mass is 10.1. The van der Waals surface area contributed by atoms with Crippen molar-refractivity contribution in [1.82, 2.24) is 10.2 Å². The van der Waals surface area contributed by atoms with Gasteiger partial charge in [-0.3, -0.25) is 9.59 Å². The van der Waals surface area contributed by atoms with E-state index < -0.39 is 11.6 Å². The van der Waals surface area contributed by atoms with Gasteiger partial charge in [0.2, 0.25) is 5.91 Å². The van der Waals surface area contributed by atoms with Crippen molar-refractivity contribution in [3.8, 4) is 5.75 Å². The summed E-state index contributed by atoms with van der Waals surface area (Å²) in [6.45, 7) is 11.5. The van der Waals surface area contributed by atoms with E-state index in [0.29, 0.717) is 10.8 Å². The minimum Gasteiger partial charge on any atom is -0.483 e. The minimum atomic E-state index is -0.658. The fraction of sp³-hybridized carbons (Fsp3) is 0.417. The summed E-state index contributed by atoms with van der Waals surface area (Å²) in [5.74, 6) is 0.195. The summed E-state index contributed by atoms with van der Waals surface area (Å²) in [5, 5.41) is 3.56. The van der Waals surface area contributed by atoms with Crippen LogP contribution in [0.15, 0.2) is 42.5 Å². The largest absolute Gasteiger partial charge is 0.483 e. The molecule has 2 aromatic carbocycles. The average Bonchev–Trinajstić information content (AvgIpc) is 2.66. The maximum atomic E-state index is 13.1. The summed E-state index contributed by atoms with van der Waals surface area (Å²) in [6.07, 6.45) is 0. The van der Waals surface area contributed by atoms with Gasteiger partial charge >= 0.3 is 0 Å². The van der Waals surface area contributed by atoms with Crippen LogP contribution in [-0.2, 0) is 16.1 Å². The molecule has 1 unspecified atom stereocenters. The summed E-state index contributed by atoms with van der Waals surface area (Å²) in [7, 11) is 0. The van der Waals surface area contributed by atoms with Gasteiger partial charge in [0.1, 0.15) is 11.8 Å². The average molecular weight is 431 g/mol. The van der Waals surface area contributed by atoms with Crippen LogP contribution in [0.5, 0.6) is 5.75 Å². The van der Waals surface area contributed by atoms with Gasteiger partial charge in [-0.2, -0.15) is 0 Å². The van der Waals surface area contributed by atoms with Crippen molar-refractivity contribution < 1.29 is 14.3 Å². The molecule has 162 valence electrons. The monoisotopic (exact) mass is 430 g/mol. The third-order valence-corrected chi connectivity index (χ3v) is 4.88. The van der Waals surface area contributed by atoms with E-state index in [1.807, 2.05) is 65.0 Å². The lowest BCUT2D eigenvalue weighted by Crippen LogP contribution is -2.53. The van der Waals surface area contributed by atoms with Crippen LogP contribution in [-0.4, -0.2) is 34.9 Å². The first-order valence-corrected chi connectivity index (χ1v) is 10.4. The predicted molar refractivity (Wildman–Crippen MR) is 121 cm³/mol. The number of ether oxygens (including phenoxy) is 1. The Labute approximate surface area is 184 Å². The number of carbonyl (C=O) groups excluding carboxylic acids is 2. The Balaban J connectivity index is 2.20. The Morgan fingerprint density at radius 1 is 1.10 bits per heavy atom. The van der Waals surface area contributed by atoms with Crippen LogP contribution >= 0.6 is 11.6 Å². The lowest BCUT2D eigenvalue weighted by Gasteiger charge is -2.31. The van der Waals surface area contributed by atoms with Crippen LogP contribution < -0.4 is 10.1 Å². The van der Waals surface area contributed by atoms with Crippen molar-refractivity contribution in [1.29, 1.82) is 0 Å². The third kappa shape index (κ3) is 7.06. The highest BCUT2D eigenvalue weighted by Crippen LogP contribution is 2.20. The Hall–Kier alpha value is -2.53. The van der Waals surface area contributed by atoms with Gasteiger partial charge in [-0.25, -0.2) is 0 Å². The number of halogens is 1. The molecule has 1 N–H and O–H groups in total. The molecule has 1 atom stereocenters. The van der Waals surface area contributed by atoms with Gasteiger partial charge in [0.25, 0.3) is 5.91 Å². The fourth-order valence-electron chi connectivity index (χ4n) is 2.93. The highest BCUT2D eigenvalue weighted by Gasteiger charge is 2.28. The molecule has 0 aromatic heterocycles. The smallest absolute Gasteiger partial charge is 0.261 e. The van der Waals surface area contributed by atoms with Crippen LogP contribution in [0, 0.1) is 13.8 Å². The molecule has 6 heteroatoms. The third-order valence-electron chi connectivity index (χ3n) is 4.63. The summed E-state index contributed by atoms with van der Waals surface area (Å²) in [6, 6.07) is 12.4. The molecule has 0 saturated heterocycles. The molecule has 30 heavy (non-hydrogen) atoms. The number of benzene rings is 2. The van der Waals surface area contributed by atoms with E-state index in [9.17, 15) is 9.59 Å². The van der Waals surface area contributed by atoms with Crippen molar-refractivity contribution >= 4 is 23.4 Å². The van der Waals surface area contributed by atoms with Crippen molar-refractivity contribution in [2.45, 2.75) is 59.7 Å². The standard InChI is InChI=1S/C24H31ClN2O3/c1-16-7-8-17(2)21(13-16)30-15-22(28)27(14-19-9-11-20(25)12-10-19)18(3)23(29)26-24(4,5)6/h7-13,18H,14-15H2,1-6H3,(H,26,29). The first kappa shape index (κ1) is 23.7. The molecule has 0 spiro atoms. The van der Waals surface area contributed by atoms with E-state index in [1.165, 1.54) is 4.90 Å². The van der Waals surface area contributed by atoms with Crippen LogP contribution in [0.3, 0.4) is 0 Å². The fourth-order valence-corrected chi connectivity index (χ4v) is 3.05. The van der Waals surface area contributed by atoms with Crippen molar-refractivity contribution in [2.75, 3.05) is 6.61 Å². The van der Waals surface area contributed by atoms with E-state index in [0.717, 1.165) is 16.7 Å². The molecule has 0 aliphatic carbocycles. The normalized spacial score (nSPS) is 12.2. The molecule has 0 saturated carbocycles. The molecule has 5 nitrogen and oxygen atoms in total. The number of hydrogen-bond acceptors (Lipinski definition) is 3. The lowest BCUT2D eigenvalue weighted by molar-refractivity contribution is -0.142. The SMILES string of the molecule is Cc1ccc(C)c(OCC(=O)N(Cc2ccc(Cl)cc2)C(C)C(=O)NC(C)(C)C)c1. The van der Waals surface area contributed by atoms with Crippen LogP contribution in [0.1, 0.15) is 44.4 Å². The summed E-state index contributed by atoms with van der Waals surface area (Å²) >= 11 is 5.98. The van der Waals surface area contributed by atoms with Crippen LogP contribution in [0.2, 0.25) is 5.02 Å². The molecule has 0 fully saturated rings. The van der Waals surface area contributed by atoms with E-state index in [2.05, 4.69) is 5.32 Å². The van der Waals surface area contributed by atoms with Gasteiger partial charge in [-0.05, 0) is 76.4 Å². The first-order valence-electron chi connectivity index (χ1n) is 10.0. The zero-order chi connectivity index (χ0) is 22.5. The molecule has 0 bridgehead atoms. The Kier molecular flexibility index (Phi) is 7.90. The molecule has 2 aromatic rings. The Morgan fingerprint density at radius 2 is 1.73 bits per heavy atom. The van der Waals surface area contributed by atoms with E-state index >= 15 is 0 Å². The summed E-state index contributed by atoms with van der Waals surface area (Å²) in [4.78, 5) is 27.4. The number of carbonyl (C=O) groups is 2. The summed E-state index contributed by atoms with van der Waals surface area (Å²) < 4.78 is 5.80. The van der Waals surface area contributed by atoms with E-state index in [-0.39, 0.29) is 25.0 Å². The topological polar surface area (TPSA) is 58.6 Å². The van der Waals surface area contributed by atoms with Crippen molar-refractivity contribution in [3.63, 3.8) is 0 Å². The molecule has 0 heterocycles. The molecule has 0 aliphatic rings. The second-order valence-electron chi connectivity index (χ2n) is 8.62. The van der Waals surface area contributed by atoms with Crippen molar-refractivity contribution in [3.05, 3.63) is 64.2 Å². The number of amides is 2. The number of nitrogens with zero attached hydrogens (tertiary/aromatic N) is 1. The highest BCUT2D eigenvalue weighted by molar-refractivity contribution is 6.30. The molecule has 0 aliphatic heterocycles. The molecule has 2 rings (SSSR count). The summed E-state index contributed by atoms with van der Waals surface area (Å²) in [5.41, 5.74) is 2.50. The van der Waals surface area contributed by atoms with Gasteiger partial charge in [0.15, 0.2) is 6.61 Å². The van der Waals surface area contributed by atoms with Crippen molar-refractivity contribution in [2.24, 2.45) is 0 Å². The number of nitrogens with one attached hydrogen (secondary N) is 1. The van der Waals surface area contributed by atoms with Gasteiger partial charge < -0.3 is 15.0 Å². The quantitative estimate of drug-likeness (QED) is 0.694. The zero-order valence-corrected chi connectivity index (χ0v) is 19.3. The van der Waals surface area contributed by atoms with Crippen LogP contribution in [0.4, 0.5) is 0 Å². The Bertz CT molecular complexity index is 888. The number of hydrogen-bond donors (Lipinski definition) is 1. The second-order valence-corrected chi connectivity index (χ2v) is 9.06. The maximum Gasteiger partial charge on any atom is 0.261 e. The molecular weight excluding hydrogens is 400 g/mol. The zero-order valence-electron chi connectivity index (χ0n) is 18.6. The van der Waals surface area contributed by atoms with Gasteiger partial charge in [-0.1, -0.05) is 35.9 Å². The predicted octanol–water partition coefficient (Wildman–Crippen LogP) is 4.67. The van der Waals surface area contributed by atoms with Gasteiger partial charge in [-0.15, -0.1) is 0 Å². The van der Waals surface area contributed by atoms with Gasteiger partial charge in [0, 0.05) is 17.1 Å². The maximum absolute atomic E-state index is 13.1. The first-order chi connectivity index (χ1) is 14.0.